The van der Waals surface area contributed by atoms with Crippen LogP contribution in [0.1, 0.15) is 29.6 Å². The summed E-state index contributed by atoms with van der Waals surface area (Å²) >= 11 is 0. The van der Waals surface area contributed by atoms with Gasteiger partial charge in [0.1, 0.15) is 0 Å². The quantitative estimate of drug-likeness (QED) is 0.944. The third kappa shape index (κ3) is 2.37. The Kier molecular flexibility index (Phi) is 3.36. The molecule has 4 heteroatoms. The highest BCUT2D eigenvalue weighted by Crippen LogP contribution is 2.39. The molecule has 1 N–H and O–H groups in total. The number of aliphatic hydroxyl groups is 1. The van der Waals surface area contributed by atoms with E-state index in [0.29, 0.717) is 11.3 Å². The van der Waals surface area contributed by atoms with E-state index in [1.807, 2.05) is 42.5 Å². The van der Waals surface area contributed by atoms with Gasteiger partial charge in [-0.05, 0) is 23.6 Å². The maximum atomic E-state index is 12.1. The second-order valence-electron chi connectivity index (χ2n) is 5.18. The Morgan fingerprint density at radius 1 is 1.05 bits per heavy atom. The molecule has 0 aliphatic carbocycles. The number of hydrogen-bond donors (Lipinski definition) is 1. The van der Waals surface area contributed by atoms with Crippen molar-refractivity contribution in [2.45, 2.75) is 23.3 Å². The SMILES string of the molecule is O=S1(=O)CC(CC(O)c2ccccc2)c2ccccc21. The molecule has 1 heterocycles. The Morgan fingerprint density at radius 2 is 1.70 bits per heavy atom. The maximum absolute atomic E-state index is 12.1. The average molecular weight is 288 g/mol. The van der Waals surface area contributed by atoms with Crippen LogP contribution in [0.3, 0.4) is 0 Å². The third-order valence-electron chi connectivity index (χ3n) is 3.81. The normalized spacial score (nSPS) is 21.4. The molecule has 2 unspecified atom stereocenters. The van der Waals surface area contributed by atoms with Crippen LogP contribution >= 0.6 is 0 Å². The van der Waals surface area contributed by atoms with Crippen LogP contribution in [0.25, 0.3) is 0 Å². The standard InChI is InChI=1S/C16H16O3S/c17-15(12-6-2-1-3-7-12)10-13-11-20(18,19)16-9-5-4-8-14(13)16/h1-9,13,15,17H,10-11H2. The summed E-state index contributed by atoms with van der Waals surface area (Å²) in [6.45, 7) is 0. The summed E-state index contributed by atoms with van der Waals surface area (Å²) in [7, 11) is -3.19. The molecule has 0 saturated carbocycles. The lowest BCUT2D eigenvalue weighted by molar-refractivity contribution is 0.160. The number of rotatable bonds is 3. The van der Waals surface area contributed by atoms with E-state index in [1.165, 1.54) is 0 Å². The summed E-state index contributed by atoms with van der Waals surface area (Å²) in [5.74, 6) is -0.0395. The van der Waals surface area contributed by atoms with E-state index >= 15 is 0 Å². The molecule has 3 nitrogen and oxygen atoms in total. The summed E-state index contributed by atoms with van der Waals surface area (Å²) in [5.41, 5.74) is 1.66. The predicted molar refractivity (Wildman–Crippen MR) is 77.3 cm³/mol. The lowest BCUT2D eigenvalue weighted by Crippen LogP contribution is -2.08. The molecule has 0 radical (unpaired) electrons. The highest BCUT2D eigenvalue weighted by Gasteiger charge is 2.35. The molecule has 2 atom stereocenters. The van der Waals surface area contributed by atoms with Gasteiger partial charge in [0.15, 0.2) is 9.84 Å². The molecule has 0 spiro atoms. The molecule has 0 saturated heterocycles. The molecular formula is C16H16O3S. The molecule has 20 heavy (non-hydrogen) atoms. The highest BCUT2D eigenvalue weighted by molar-refractivity contribution is 7.91. The summed E-state index contributed by atoms with van der Waals surface area (Å²) in [5, 5.41) is 10.3. The smallest absolute Gasteiger partial charge is 0.179 e. The van der Waals surface area contributed by atoms with Crippen LogP contribution in [0, 0.1) is 0 Å². The first-order chi connectivity index (χ1) is 9.58. The summed E-state index contributed by atoms with van der Waals surface area (Å²) < 4.78 is 24.2. The van der Waals surface area contributed by atoms with Crippen molar-refractivity contribution < 1.29 is 13.5 Å². The van der Waals surface area contributed by atoms with E-state index in [0.717, 1.165) is 11.1 Å². The Balaban J connectivity index is 1.87. The Labute approximate surface area is 118 Å². The van der Waals surface area contributed by atoms with E-state index in [1.54, 1.807) is 12.1 Å². The van der Waals surface area contributed by atoms with Crippen molar-refractivity contribution in [3.63, 3.8) is 0 Å². The fraction of sp³-hybridized carbons (Fsp3) is 0.250. The van der Waals surface area contributed by atoms with Crippen molar-refractivity contribution in [3.05, 3.63) is 65.7 Å². The second-order valence-corrected chi connectivity index (χ2v) is 7.18. The van der Waals surface area contributed by atoms with Gasteiger partial charge in [0.2, 0.25) is 0 Å². The van der Waals surface area contributed by atoms with Gasteiger partial charge in [-0.25, -0.2) is 8.42 Å². The number of aliphatic hydroxyl groups excluding tert-OH is 1. The molecule has 2 aromatic rings. The molecule has 0 aromatic heterocycles. The molecule has 0 fully saturated rings. The van der Waals surface area contributed by atoms with Crippen molar-refractivity contribution >= 4 is 9.84 Å². The van der Waals surface area contributed by atoms with Crippen LogP contribution in [0.5, 0.6) is 0 Å². The van der Waals surface area contributed by atoms with Gasteiger partial charge in [0.25, 0.3) is 0 Å². The van der Waals surface area contributed by atoms with E-state index < -0.39 is 15.9 Å². The van der Waals surface area contributed by atoms with E-state index in [-0.39, 0.29) is 11.7 Å². The first-order valence-electron chi connectivity index (χ1n) is 6.62. The van der Waals surface area contributed by atoms with Gasteiger partial charge in [-0.1, -0.05) is 48.5 Å². The lowest BCUT2D eigenvalue weighted by Gasteiger charge is -2.16. The van der Waals surface area contributed by atoms with Gasteiger partial charge in [0.05, 0.1) is 16.8 Å². The number of fused-ring (bicyclic) bond motifs is 1. The zero-order valence-corrected chi connectivity index (χ0v) is 11.8. The minimum Gasteiger partial charge on any atom is -0.388 e. The van der Waals surface area contributed by atoms with Gasteiger partial charge in [-0.3, -0.25) is 0 Å². The van der Waals surface area contributed by atoms with Crippen molar-refractivity contribution in [1.29, 1.82) is 0 Å². The molecule has 1 aliphatic rings. The van der Waals surface area contributed by atoms with Gasteiger partial charge < -0.3 is 5.11 Å². The van der Waals surface area contributed by atoms with Gasteiger partial charge in [0, 0.05) is 5.92 Å². The van der Waals surface area contributed by atoms with Crippen LogP contribution in [0.15, 0.2) is 59.5 Å². The fourth-order valence-electron chi connectivity index (χ4n) is 2.82. The molecule has 104 valence electrons. The molecule has 1 aliphatic heterocycles. The van der Waals surface area contributed by atoms with Crippen LogP contribution in [-0.2, 0) is 9.84 Å². The summed E-state index contributed by atoms with van der Waals surface area (Å²) in [6.07, 6.45) is -0.206. The van der Waals surface area contributed by atoms with Crippen LogP contribution in [0.2, 0.25) is 0 Å². The molecule has 0 bridgehead atoms. The topological polar surface area (TPSA) is 54.4 Å². The first kappa shape index (κ1) is 13.3. The van der Waals surface area contributed by atoms with Crippen LogP contribution < -0.4 is 0 Å². The Hall–Kier alpha value is -1.65. The summed E-state index contributed by atoms with van der Waals surface area (Å²) in [4.78, 5) is 0.422. The van der Waals surface area contributed by atoms with Crippen molar-refractivity contribution in [3.8, 4) is 0 Å². The number of benzene rings is 2. The van der Waals surface area contributed by atoms with E-state index in [4.69, 9.17) is 0 Å². The second kappa shape index (κ2) is 5.04. The van der Waals surface area contributed by atoms with E-state index in [9.17, 15) is 13.5 Å². The van der Waals surface area contributed by atoms with Crippen molar-refractivity contribution in [2.24, 2.45) is 0 Å². The van der Waals surface area contributed by atoms with Crippen LogP contribution in [0.4, 0.5) is 0 Å². The maximum Gasteiger partial charge on any atom is 0.179 e. The molecular weight excluding hydrogens is 272 g/mol. The first-order valence-corrected chi connectivity index (χ1v) is 8.28. The van der Waals surface area contributed by atoms with Crippen molar-refractivity contribution in [1.82, 2.24) is 0 Å². The zero-order valence-electron chi connectivity index (χ0n) is 10.9. The average Bonchev–Trinajstić information content (AvgIpc) is 2.72. The Bertz CT molecular complexity index is 708. The lowest BCUT2D eigenvalue weighted by atomic mass is 9.92. The summed E-state index contributed by atoms with van der Waals surface area (Å²) in [6, 6.07) is 16.5. The fourth-order valence-corrected chi connectivity index (χ4v) is 4.73. The minimum atomic E-state index is -3.19. The molecule has 0 amide bonds. The number of hydrogen-bond acceptors (Lipinski definition) is 3. The van der Waals surface area contributed by atoms with E-state index in [2.05, 4.69) is 0 Å². The van der Waals surface area contributed by atoms with Crippen LogP contribution in [-0.4, -0.2) is 19.3 Å². The van der Waals surface area contributed by atoms with Crippen molar-refractivity contribution in [2.75, 3.05) is 5.75 Å². The molecule has 2 aromatic carbocycles. The van der Waals surface area contributed by atoms with Gasteiger partial charge in [-0.15, -0.1) is 0 Å². The largest absolute Gasteiger partial charge is 0.388 e. The predicted octanol–water partition coefficient (Wildman–Crippen LogP) is 2.68. The Morgan fingerprint density at radius 3 is 2.45 bits per heavy atom. The van der Waals surface area contributed by atoms with Gasteiger partial charge in [-0.2, -0.15) is 0 Å². The van der Waals surface area contributed by atoms with Gasteiger partial charge >= 0.3 is 0 Å². The third-order valence-corrected chi connectivity index (χ3v) is 5.69. The highest BCUT2D eigenvalue weighted by atomic mass is 32.2. The zero-order chi connectivity index (χ0) is 14.2. The number of sulfone groups is 1. The monoisotopic (exact) mass is 288 g/mol. The molecule has 3 rings (SSSR count). The minimum absolute atomic E-state index is 0.0935.